The van der Waals surface area contributed by atoms with Crippen LogP contribution >= 0.6 is 11.3 Å². The first kappa shape index (κ1) is 15.9. The summed E-state index contributed by atoms with van der Waals surface area (Å²) in [7, 11) is -1.68. The van der Waals surface area contributed by atoms with Gasteiger partial charge in [0.15, 0.2) is 0 Å². The van der Waals surface area contributed by atoms with E-state index >= 15 is 0 Å². The molecule has 0 amide bonds. The van der Waals surface area contributed by atoms with Crippen LogP contribution < -0.4 is 5.73 Å². The Morgan fingerprint density at radius 1 is 1.55 bits per heavy atom. The van der Waals surface area contributed by atoms with Crippen LogP contribution in [0.3, 0.4) is 0 Å². The summed E-state index contributed by atoms with van der Waals surface area (Å²) >= 11 is 1.66. The molecule has 114 valence electrons. The Hall–Kier alpha value is -0.470. The Labute approximate surface area is 125 Å². The first-order chi connectivity index (χ1) is 9.54. The molecule has 1 aromatic rings. The number of likely N-dealkylation sites (N-methyl/N-ethyl adjacent to an activating group) is 1. The molecule has 1 saturated heterocycles. The standard InChI is InChI=1S/C13H23N3O2S2/c1-15(8-6-13-5-3-9-19-13)20(17,18)16-7-2-4-12(10-14)11-16/h3,5,9,12H,2,4,6-8,10-11,14H2,1H3. The minimum atomic E-state index is -3.34. The van der Waals surface area contributed by atoms with Crippen LogP contribution in [0, 0.1) is 5.92 Å². The second-order valence-electron chi connectivity index (χ2n) is 5.26. The molecule has 20 heavy (non-hydrogen) atoms. The van der Waals surface area contributed by atoms with Gasteiger partial charge in [0.1, 0.15) is 0 Å². The van der Waals surface area contributed by atoms with Crippen molar-refractivity contribution in [1.29, 1.82) is 0 Å². The summed E-state index contributed by atoms with van der Waals surface area (Å²) in [6, 6.07) is 4.03. The number of hydrogen-bond donors (Lipinski definition) is 1. The first-order valence-corrected chi connectivity index (χ1v) is 9.25. The van der Waals surface area contributed by atoms with Gasteiger partial charge in [-0.2, -0.15) is 17.0 Å². The van der Waals surface area contributed by atoms with Crippen LogP contribution in [0.1, 0.15) is 17.7 Å². The van der Waals surface area contributed by atoms with Gasteiger partial charge in [-0.1, -0.05) is 6.07 Å². The molecule has 1 aliphatic heterocycles. The smallest absolute Gasteiger partial charge is 0.281 e. The molecule has 0 aromatic carbocycles. The summed E-state index contributed by atoms with van der Waals surface area (Å²) in [6.45, 7) is 2.25. The highest BCUT2D eigenvalue weighted by molar-refractivity contribution is 7.86. The van der Waals surface area contributed by atoms with E-state index in [0.717, 1.165) is 19.3 Å². The zero-order chi connectivity index (χ0) is 14.6. The van der Waals surface area contributed by atoms with Crippen molar-refractivity contribution >= 4 is 21.5 Å². The van der Waals surface area contributed by atoms with Crippen molar-refractivity contribution in [3.63, 3.8) is 0 Å². The van der Waals surface area contributed by atoms with Crippen molar-refractivity contribution in [2.45, 2.75) is 19.3 Å². The molecule has 5 nitrogen and oxygen atoms in total. The number of rotatable bonds is 6. The van der Waals surface area contributed by atoms with Crippen LogP contribution in [0.5, 0.6) is 0 Å². The lowest BCUT2D eigenvalue weighted by atomic mass is 10.0. The highest BCUT2D eigenvalue weighted by atomic mass is 32.2. The van der Waals surface area contributed by atoms with E-state index in [9.17, 15) is 8.42 Å². The molecule has 0 bridgehead atoms. The molecule has 2 rings (SSSR count). The maximum absolute atomic E-state index is 12.5. The second-order valence-corrected chi connectivity index (χ2v) is 8.33. The maximum atomic E-state index is 12.5. The van der Waals surface area contributed by atoms with E-state index in [1.54, 1.807) is 22.7 Å². The van der Waals surface area contributed by atoms with Crippen molar-refractivity contribution in [1.82, 2.24) is 8.61 Å². The Balaban J connectivity index is 1.94. The molecule has 0 radical (unpaired) electrons. The Morgan fingerprint density at radius 3 is 3.00 bits per heavy atom. The van der Waals surface area contributed by atoms with Crippen molar-refractivity contribution in [3.05, 3.63) is 22.4 Å². The van der Waals surface area contributed by atoms with Crippen LogP contribution in [-0.2, 0) is 16.6 Å². The third-order valence-corrected chi connectivity index (χ3v) is 6.68. The van der Waals surface area contributed by atoms with Crippen LogP contribution in [0.2, 0.25) is 0 Å². The van der Waals surface area contributed by atoms with Gasteiger partial charge in [0, 0.05) is 31.6 Å². The van der Waals surface area contributed by atoms with Gasteiger partial charge in [0.2, 0.25) is 0 Å². The summed E-state index contributed by atoms with van der Waals surface area (Å²) < 4.78 is 28.1. The largest absolute Gasteiger partial charge is 0.330 e. The fraction of sp³-hybridized carbons (Fsp3) is 0.692. The van der Waals surface area contributed by atoms with Crippen LogP contribution in [0.15, 0.2) is 17.5 Å². The number of nitrogens with zero attached hydrogens (tertiary/aromatic N) is 2. The molecule has 1 fully saturated rings. The molecule has 2 N–H and O–H groups in total. The average molecular weight is 317 g/mol. The van der Waals surface area contributed by atoms with Gasteiger partial charge >= 0.3 is 0 Å². The Bertz CT molecular complexity index is 502. The fourth-order valence-electron chi connectivity index (χ4n) is 2.46. The minimum Gasteiger partial charge on any atom is -0.330 e. The predicted molar refractivity (Wildman–Crippen MR) is 82.9 cm³/mol. The molecule has 1 unspecified atom stereocenters. The molecule has 0 saturated carbocycles. The van der Waals surface area contributed by atoms with E-state index < -0.39 is 10.2 Å². The van der Waals surface area contributed by atoms with E-state index in [0.29, 0.717) is 32.1 Å². The minimum absolute atomic E-state index is 0.296. The molecule has 7 heteroatoms. The normalized spacial score (nSPS) is 21.4. The third-order valence-electron chi connectivity index (χ3n) is 3.79. The van der Waals surface area contributed by atoms with E-state index in [-0.39, 0.29) is 0 Å². The van der Waals surface area contributed by atoms with E-state index in [4.69, 9.17) is 5.73 Å². The number of nitrogens with two attached hydrogens (primary N) is 1. The van der Waals surface area contributed by atoms with Crippen molar-refractivity contribution in [2.75, 3.05) is 33.2 Å². The van der Waals surface area contributed by atoms with Crippen molar-refractivity contribution in [2.24, 2.45) is 11.7 Å². The second kappa shape index (κ2) is 7.00. The quantitative estimate of drug-likeness (QED) is 0.855. The highest BCUT2D eigenvalue weighted by Crippen LogP contribution is 2.20. The zero-order valence-corrected chi connectivity index (χ0v) is 13.5. The summed E-state index contributed by atoms with van der Waals surface area (Å²) in [5.74, 6) is 0.296. The molecule has 1 atom stereocenters. The summed E-state index contributed by atoms with van der Waals surface area (Å²) in [4.78, 5) is 1.21. The van der Waals surface area contributed by atoms with Gasteiger partial charge in [0.25, 0.3) is 10.2 Å². The van der Waals surface area contributed by atoms with Gasteiger partial charge < -0.3 is 5.73 Å². The molecule has 1 aliphatic rings. The van der Waals surface area contributed by atoms with Crippen LogP contribution in [0.4, 0.5) is 0 Å². The van der Waals surface area contributed by atoms with Crippen molar-refractivity contribution in [3.8, 4) is 0 Å². The molecular formula is C13H23N3O2S2. The summed E-state index contributed by atoms with van der Waals surface area (Å²) in [5, 5.41) is 2.01. The van der Waals surface area contributed by atoms with E-state index in [1.807, 2.05) is 17.5 Å². The van der Waals surface area contributed by atoms with Gasteiger partial charge in [-0.05, 0) is 43.2 Å². The topological polar surface area (TPSA) is 66.6 Å². The van der Waals surface area contributed by atoms with Crippen LogP contribution in [-0.4, -0.2) is 50.3 Å². The third kappa shape index (κ3) is 3.79. The molecule has 2 heterocycles. The van der Waals surface area contributed by atoms with Gasteiger partial charge in [0.05, 0.1) is 0 Å². The SMILES string of the molecule is CN(CCc1cccs1)S(=O)(=O)N1CCCC(CN)C1. The molecule has 0 spiro atoms. The summed E-state index contributed by atoms with van der Waals surface area (Å²) in [5.41, 5.74) is 5.67. The monoisotopic (exact) mass is 317 g/mol. The average Bonchev–Trinajstić information content (AvgIpc) is 2.98. The lowest BCUT2D eigenvalue weighted by molar-refractivity contribution is 0.256. The predicted octanol–water partition coefficient (Wildman–Crippen LogP) is 1.14. The first-order valence-electron chi connectivity index (χ1n) is 6.98. The number of thiophene rings is 1. The highest BCUT2D eigenvalue weighted by Gasteiger charge is 2.31. The maximum Gasteiger partial charge on any atom is 0.281 e. The molecule has 0 aliphatic carbocycles. The fourth-order valence-corrected chi connectivity index (χ4v) is 4.64. The molecule has 1 aromatic heterocycles. The van der Waals surface area contributed by atoms with E-state index in [1.165, 1.54) is 9.18 Å². The van der Waals surface area contributed by atoms with Gasteiger partial charge in [-0.15, -0.1) is 11.3 Å². The van der Waals surface area contributed by atoms with E-state index in [2.05, 4.69) is 0 Å². The Morgan fingerprint density at radius 2 is 2.35 bits per heavy atom. The van der Waals surface area contributed by atoms with Crippen LogP contribution in [0.25, 0.3) is 0 Å². The van der Waals surface area contributed by atoms with Crippen molar-refractivity contribution < 1.29 is 8.42 Å². The number of hydrogen-bond acceptors (Lipinski definition) is 4. The van der Waals surface area contributed by atoms with Gasteiger partial charge in [-0.3, -0.25) is 0 Å². The lowest BCUT2D eigenvalue weighted by Crippen LogP contribution is -2.48. The lowest BCUT2D eigenvalue weighted by Gasteiger charge is -2.33. The summed E-state index contributed by atoms with van der Waals surface area (Å²) in [6.07, 6.45) is 2.70. The van der Waals surface area contributed by atoms with Gasteiger partial charge in [-0.25, -0.2) is 0 Å². The molecular weight excluding hydrogens is 294 g/mol. The zero-order valence-electron chi connectivity index (χ0n) is 11.9. The number of piperidine rings is 1. The Kier molecular flexibility index (Phi) is 5.57.